The van der Waals surface area contributed by atoms with Crippen molar-refractivity contribution in [2.24, 2.45) is 23.7 Å². The largest absolute Gasteiger partial charge is 0.472 e. The lowest BCUT2D eigenvalue weighted by Gasteiger charge is -2.21. The number of hydrogen-bond donors (Lipinski definition) is 3. The summed E-state index contributed by atoms with van der Waals surface area (Å²) in [6, 6.07) is 0. The number of aliphatic hydroxyl groups is 1. The van der Waals surface area contributed by atoms with Gasteiger partial charge in [-0.25, -0.2) is 9.13 Å². The molecule has 594 valence electrons. The van der Waals surface area contributed by atoms with E-state index in [0.717, 1.165) is 120 Å². The molecule has 0 aromatic carbocycles. The average molecular weight is 1470 g/mol. The van der Waals surface area contributed by atoms with Crippen LogP contribution in [0.2, 0.25) is 0 Å². The first-order valence-electron chi connectivity index (χ1n) is 41.7. The maximum absolute atomic E-state index is 13.1. The Morgan fingerprint density at radius 1 is 0.280 bits per heavy atom. The maximum Gasteiger partial charge on any atom is 0.472 e. The number of unbranched alkanes of at least 4 members (excludes halogenated alkanes) is 43. The number of carbonyl (C=O) groups is 4. The highest BCUT2D eigenvalue weighted by Gasteiger charge is 2.30. The van der Waals surface area contributed by atoms with Crippen LogP contribution >= 0.6 is 15.6 Å². The van der Waals surface area contributed by atoms with Crippen molar-refractivity contribution in [3.05, 3.63) is 0 Å². The summed E-state index contributed by atoms with van der Waals surface area (Å²) in [7, 11) is -9.92. The van der Waals surface area contributed by atoms with E-state index in [4.69, 9.17) is 37.0 Å². The Morgan fingerprint density at radius 2 is 0.480 bits per heavy atom. The average Bonchev–Trinajstić information content (AvgIpc) is 1.01. The van der Waals surface area contributed by atoms with Gasteiger partial charge in [0.15, 0.2) is 12.2 Å². The molecule has 0 spiro atoms. The zero-order valence-corrected chi connectivity index (χ0v) is 67.6. The third-order valence-electron chi connectivity index (χ3n) is 19.2. The van der Waals surface area contributed by atoms with Crippen molar-refractivity contribution in [3.63, 3.8) is 0 Å². The number of ether oxygens (including phenoxy) is 4. The Morgan fingerprint density at radius 3 is 0.710 bits per heavy atom. The zero-order chi connectivity index (χ0) is 73.8. The molecule has 6 atom stereocenters. The molecule has 0 saturated carbocycles. The standard InChI is InChI=1S/C81H158O17P2/c1-9-74(8)60-52-44-39-40-46-54-62-79(84)92-68-77(98-81(86)64-56-47-36-30-26-22-18-13-11-10-12-16-20-24-28-33-41-49-57-71(2)3)70-96-100(89,90)94-66-75(82)65-93-99(87,88)95-69-76(67-91-78(83)61-53-45-38-32-35-43-51-59-73(6)7)97-80(85)63-55-48-37-31-27-23-19-15-14-17-21-25-29-34-42-50-58-72(4)5/h71-77,82H,9-70H2,1-8H3,(H,87,88)(H,89,90)/t74?,75?,76-,77-/m1/s1. The van der Waals surface area contributed by atoms with E-state index >= 15 is 0 Å². The van der Waals surface area contributed by atoms with Crippen molar-refractivity contribution in [3.8, 4) is 0 Å². The Hall–Kier alpha value is -1.94. The molecule has 17 nitrogen and oxygen atoms in total. The minimum absolute atomic E-state index is 0.107. The number of rotatable bonds is 78. The van der Waals surface area contributed by atoms with Gasteiger partial charge in [-0.15, -0.1) is 0 Å². The van der Waals surface area contributed by atoms with Crippen LogP contribution in [0.25, 0.3) is 0 Å². The molecule has 0 saturated heterocycles. The van der Waals surface area contributed by atoms with Crippen molar-refractivity contribution in [1.29, 1.82) is 0 Å². The minimum Gasteiger partial charge on any atom is -0.462 e. The lowest BCUT2D eigenvalue weighted by atomic mass is 10.00. The predicted molar refractivity (Wildman–Crippen MR) is 409 cm³/mol. The Bertz CT molecular complexity index is 1960. The number of hydrogen-bond acceptors (Lipinski definition) is 15. The van der Waals surface area contributed by atoms with E-state index in [1.54, 1.807) is 0 Å². The SMILES string of the molecule is CCC(C)CCCCCCCCC(=O)OC[C@H](COP(=O)(O)OCC(O)COP(=O)(O)OC[C@@H](COC(=O)CCCCCCCCCC(C)C)OC(=O)CCCCCCCCCCCCCCCCCCC(C)C)OC(=O)CCCCCCCCCCCCCCCCCCCCC(C)C. The maximum atomic E-state index is 13.1. The van der Waals surface area contributed by atoms with Crippen LogP contribution in [-0.2, 0) is 65.4 Å². The summed E-state index contributed by atoms with van der Waals surface area (Å²) in [5, 5.41) is 10.6. The van der Waals surface area contributed by atoms with Gasteiger partial charge in [-0.05, 0) is 49.4 Å². The van der Waals surface area contributed by atoms with Crippen LogP contribution in [0.3, 0.4) is 0 Å². The summed E-state index contributed by atoms with van der Waals surface area (Å²) in [5.41, 5.74) is 0. The van der Waals surface area contributed by atoms with Gasteiger partial charge in [-0.1, -0.05) is 364 Å². The summed E-state index contributed by atoms with van der Waals surface area (Å²) < 4.78 is 68.6. The molecule has 0 fully saturated rings. The van der Waals surface area contributed by atoms with E-state index < -0.39 is 97.5 Å². The van der Waals surface area contributed by atoms with Crippen LogP contribution in [0.1, 0.15) is 415 Å². The van der Waals surface area contributed by atoms with Gasteiger partial charge in [0.25, 0.3) is 0 Å². The summed E-state index contributed by atoms with van der Waals surface area (Å²) in [6.45, 7) is 14.2. The second-order valence-corrected chi connectivity index (χ2v) is 33.7. The Kier molecular flexibility index (Phi) is 68.7. The molecule has 0 radical (unpaired) electrons. The van der Waals surface area contributed by atoms with Crippen molar-refractivity contribution in [1.82, 2.24) is 0 Å². The molecule has 4 unspecified atom stereocenters. The lowest BCUT2D eigenvalue weighted by Crippen LogP contribution is -2.30. The van der Waals surface area contributed by atoms with Gasteiger partial charge in [0.05, 0.1) is 26.4 Å². The Balaban J connectivity index is 5.16. The quantitative estimate of drug-likeness (QED) is 0.0222. The monoisotopic (exact) mass is 1470 g/mol. The summed E-state index contributed by atoms with van der Waals surface area (Å²) >= 11 is 0. The molecule has 0 aliphatic rings. The fraction of sp³-hybridized carbons (Fsp3) is 0.951. The molecule has 100 heavy (non-hydrogen) atoms. The molecule has 0 aromatic heterocycles. The number of esters is 4. The molecule has 0 aliphatic carbocycles. The number of aliphatic hydroxyl groups excluding tert-OH is 1. The molecule has 0 aromatic rings. The van der Waals surface area contributed by atoms with E-state index in [1.807, 2.05) is 0 Å². The molecule has 0 rings (SSSR count). The van der Waals surface area contributed by atoms with Gasteiger partial charge in [0, 0.05) is 25.7 Å². The first-order chi connectivity index (χ1) is 48.1. The fourth-order valence-corrected chi connectivity index (χ4v) is 14.0. The van der Waals surface area contributed by atoms with Gasteiger partial charge in [0.2, 0.25) is 0 Å². The highest BCUT2D eigenvalue weighted by molar-refractivity contribution is 7.47. The van der Waals surface area contributed by atoms with Crippen molar-refractivity contribution in [2.75, 3.05) is 39.6 Å². The molecule has 3 N–H and O–H groups in total. The van der Waals surface area contributed by atoms with Gasteiger partial charge in [-0.2, -0.15) is 0 Å². The highest BCUT2D eigenvalue weighted by Crippen LogP contribution is 2.45. The van der Waals surface area contributed by atoms with Crippen LogP contribution in [0.15, 0.2) is 0 Å². The van der Waals surface area contributed by atoms with Crippen molar-refractivity contribution >= 4 is 39.5 Å². The van der Waals surface area contributed by atoms with E-state index in [9.17, 15) is 43.2 Å². The molecule has 0 bridgehead atoms. The zero-order valence-electron chi connectivity index (χ0n) is 65.8. The number of carbonyl (C=O) groups excluding carboxylic acids is 4. The Labute approximate surface area is 613 Å². The smallest absolute Gasteiger partial charge is 0.462 e. The minimum atomic E-state index is -4.96. The predicted octanol–water partition coefficient (Wildman–Crippen LogP) is 24.0. The van der Waals surface area contributed by atoms with Crippen LogP contribution in [0.4, 0.5) is 0 Å². The number of phosphoric acid groups is 2. The van der Waals surface area contributed by atoms with Crippen molar-refractivity contribution < 1.29 is 80.2 Å². The lowest BCUT2D eigenvalue weighted by molar-refractivity contribution is -0.161. The van der Waals surface area contributed by atoms with E-state index in [1.165, 1.54) is 205 Å². The third kappa shape index (κ3) is 73.0. The van der Waals surface area contributed by atoms with Crippen LogP contribution in [-0.4, -0.2) is 96.7 Å². The highest BCUT2D eigenvalue weighted by atomic mass is 31.2. The first-order valence-corrected chi connectivity index (χ1v) is 44.7. The topological polar surface area (TPSA) is 237 Å². The molecule has 0 heterocycles. The molecule has 0 amide bonds. The normalized spacial score (nSPS) is 14.3. The summed E-state index contributed by atoms with van der Waals surface area (Å²) in [5.74, 6) is 0.948. The molecular formula is C81H158O17P2. The number of phosphoric ester groups is 2. The third-order valence-corrected chi connectivity index (χ3v) is 21.1. The fourth-order valence-electron chi connectivity index (χ4n) is 12.4. The second kappa shape index (κ2) is 70.1. The van der Waals surface area contributed by atoms with Crippen LogP contribution in [0, 0.1) is 23.7 Å². The van der Waals surface area contributed by atoms with Gasteiger partial charge in [0.1, 0.15) is 19.3 Å². The van der Waals surface area contributed by atoms with Crippen LogP contribution < -0.4 is 0 Å². The second-order valence-electron chi connectivity index (χ2n) is 30.8. The van der Waals surface area contributed by atoms with E-state index in [2.05, 4.69) is 55.4 Å². The van der Waals surface area contributed by atoms with E-state index in [0.29, 0.717) is 31.6 Å². The first kappa shape index (κ1) is 98.1. The summed E-state index contributed by atoms with van der Waals surface area (Å²) in [4.78, 5) is 72.9. The van der Waals surface area contributed by atoms with Crippen molar-refractivity contribution in [2.45, 2.75) is 433 Å². The van der Waals surface area contributed by atoms with Crippen LogP contribution in [0.5, 0.6) is 0 Å². The molecule has 0 aliphatic heterocycles. The van der Waals surface area contributed by atoms with Gasteiger partial charge < -0.3 is 33.8 Å². The molecular weight excluding hydrogens is 1310 g/mol. The van der Waals surface area contributed by atoms with Gasteiger partial charge in [-0.3, -0.25) is 37.3 Å². The summed E-state index contributed by atoms with van der Waals surface area (Å²) in [6.07, 6.45) is 57.2. The van der Waals surface area contributed by atoms with Gasteiger partial charge >= 0.3 is 39.5 Å². The van der Waals surface area contributed by atoms with E-state index in [-0.39, 0.29) is 25.7 Å². The molecule has 19 heteroatoms.